The molecule has 3 heteroatoms. The summed E-state index contributed by atoms with van der Waals surface area (Å²) in [5.41, 5.74) is 0. The molecule has 0 amide bonds. The van der Waals surface area contributed by atoms with Gasteiger partial charge in [0.1, 0.15) is 0 Å². The van der Waals surface area contributed by atoms with E-state index >= 15 is 0 Å². The summed E-state index contributed by atoms with van der Waals surface area (Å²) in [6.45, 7) is 12.2. The van der Waals surface area contributed by atoms with Crippen molar-refractivity contribution in [1.82, 2.24) is 5.32 Å². The first kappa shape index (κ1) is 14.3. The van der Waals surface area contributed by atoms with E-state index in [9.17, 15) is 0 Å². The van der Waals surface area contributed by atoms with Gasteiger partial charge in [-0.2, -0.15) is 11.8 Å². The van der Waals surface area contributed by atoms with Crippen LogP contribution in [0.4, 0.5) is 0 Å². The average molecular weight is 245 g/mol. The Morgan fingerprint density at radius 2 is 1.94 bits per heavy atom. The van der Waals surface area contributed by atoms with E-state index in [1.807, 2.05) is 11.8 Å². The van der Waals surface area contributed by atoms with Gasteiger partial charge >= 0.3 is 0 Å². The number of thioether (sulfide) groups is 1. The van der Waals surface area contributed by atoms with Gasteiger partial charge in [-0.05, 0) is 25.7 Å². The standard InChI is InChI=1S/C13H27NOS/c1-11(12-5-8-15-9-6-12)14-7-10-16-13(2,3)4/h11-12,14H,5-10H2,1-4H3/t11-/m0/s1. The minimum Gasteiger partial charge on any atom is -0.381 e. The van der Waals surface area contributed by atoms with Gasteiger partial charge in [-0.3, -0.25) is 0 Å². The fraction of sp³-hybridized carbons (Fsp3) is 1.00. The van der Waals surface area contributed by atoms with Crippen LogP contribution in [0.3, 0.4) is 0 Å². The highest BCUT2D eigenvalue weighted by molar-refractivity contribution is 8.00. The summed E-state index contributed by atoms with van der Waals surface area (Å²) in [5.74, 6) is 2.02. The fourth-order valence-corrected chi connectivity index (χ4v) is 2.86. The Labute approximate surface area is 105 Å². The molecule has 1 fully saturated rings. The normalized spacial score (nSPS) is 21.0. The molecule has 0 radical (unpaired) electrons. The van der Waals surface area contributed by atoms with E-state index in [4.69, 9.17) is 4.74 Å². The molecule has 0 aromatic carbocycles. The molecule has 0 spiro atoms. The Hall–Kier alpha value is 0.270. The Morgan fingerprint density at radius 3 is 2.50 bits per heavy atom. The molecule has 0 unspecified atom stereocenters. The summed E-state index contributed by atoms with van der Waals surface area (Å²) in [6.07, 6.45) is 2.45. The maximum Gasteiger partial charge on any atom is 0.0469 e. The summed E-state index contributed by atoms with van der Waals surface area (Å²) in [5, 5.41) is 3.65. The molecule has 1 aliphatic heterocycles. The SMILES string of the molecule is C[C@H](NCCSC(C)(C)C)C1CCOCC1. The molecule has 16 heavy (non-hydrogen) atoms. The molecule has 1 atom stereocenters. The van der Waals surface area contributed by atoms with Crippen molar-refractivity contribution in [3.63, 3.8) is 0 Å². The molecule has 0 aromatic heterocycles. The van der Waals surface area contributed by atoms with Crippen molar-refractivity contribution < 1.29 is 4.74 Å². The molecule has 0 aliphatic carbocycles. The van der Waals surface area contributed by atoms with Crippen molar-refractivity contribution in [2.45, 2.75) is 51.3 Å². The van der Waals surface area contributed by atoms with Crippen molar-refractivity contribution in [2.24, 2.45) is 5.92 Å². The molecule has 0 aromatic rings. The second kappa shape index (κ2) is 6.87. The van der Waals surface area contributed by atoms with Gasteiger partial charge in [0.2, 0.25) is 0 Å². The monoisotopic (exact) mass is 245 g/mol. The van der Waals surface area contributed by atoms with Crippen LogP contribution in [0.2, 0.25) is 0 Å². The molecule has 2 nitrogen and oxygen atoms in total. The molecule has 96 valence electrons. The maximum atomic E-state index is 5.39. The summed E-state index contributed by atoms with van der Waals surface area (Å²) >= 11 is 2.04. The number of hydrogen-bond acceptors (Lipinski definition) is 3. The van der Waals surface area contributed by atoms with Crippen LogP contribution in [0.25, 0.3) is 0 Å². The van der Waals surface area contributed by atoms with Crippen LogP contribution in [0.1, 0.15) is 40.5 Å². The van der Waals surface area contributed by atoms with Crippen LogP contribution in [0.5, 0.6) is 0 Å². The third-order valence-corrected chi connectivity index (χ3v) is 4.35. The largest absolute Gasteiger partial charge is 0.381 e. The Balaban J connectivity index is 2.07. The van der Waals surface area contributed by atoms with Crippen molar-refractivity contribution in [3.05, 3.63) is 0 Å². The van der Waals surface area contributed by atoms with E-state index < -0.39 is 0 Å². The Bertz CT molecular complexity index is 185. The van der Waals surface area contributed by atoms with E-state index in [1.165, 1.54) is 18.6 Å². The van der Waals surface area contributed by atoms with E-state index in [1.54, 1.807) is 0 Å². The number of ether oxygens (including phenoxy) is 1. The zero-order valence-electron chi connectivity index (χ0n) is 11.2. The maximum absolute atomic E-state index is 5.39. The number of nitrogens with one attached hydrogen (secondary N) is 1. The van der Waals surface area contributed by atoms with Crippen LogP contribution in [0.15, 0.2) is 0 Å². The first-order valence-electron chi connectivity index (χ1n) is 6.44. The molecule has 1 heterocycles. The lowest BCUT2D eigenvalue weighted by atomic mass is 9.93. The van der Waals surface area contributed by atoms with Gasteiger partial charge in [-0.1, -0.05) is 20.8 Å². The Kier molecular flexibility index (Phi) is 6.16. The molecule has 0 bridgehead atoms. The van der Waals surface area contributed by atoms with Gasteiger partial charge in [0.25, 0.3) is 0 Å². The minimum atomic E-state index is 0.392. The van der Waals surface area contributed by atoms with Gasteiger partial charge in [-0.15, -0.1) is 0 Å². The van der Waals surface area contributed by atoms with Gasteiger partial charge in [0.05, 0.1) is 0 Å². The summed E-state index contributed by atoms with van der Waals surface area (Å²) in [4.78, 5) is 0. The zero-order valence-corrected chi connectivity index (χ0v) is 12.0. The van der Waals surface area contributed by atoms with Crippen molar-refractivity contribution in [1.29, 1.82) is 0 Å². The highest BCUT2D eigenvalue weighted by atomic mass is 32.2. The van der Waals surface area contributed by atoms with Crippen molar-refractivity contribution >= 4 is 11.8 Å². The molecule has 1 rings (SSSR count). The third kappa shape index (κ3) is 6.12. The van der Waals surface area contributed by atoms with Crippen LogP contribution in [0, 0.1) is 5.92 Å². The molecule has 1 aliphatic rings. The van der Waals surface area contributed by atoms with E-state index in [0.29, 0.717) is 10.8 Å². The molecule has 1 saturated heterocycles. The quantitative estimate of drug-likeness (QED) is 0.753. The summed E-state index contributed by atoms with van der Waals surface area (Å²) < 4.78 is 5.78. The van der Waals surface area contributed by atoms with Crippen LogP contribution >= 0.6 is 11.8 Å². The predicted molar refractivity (Wildman–Crippen MR) is 73.2 cm³/mol. The van der Waals surface area contributed by atoms with Crippen molar-refractivity contribution in [2.75, 3.05) is 25.5 Å². The first-order chi connectivity index (χ1) is 7.49. The fourth-order valence-electron chi connectivity index (χ4n) is 2.03. The Morgan fingerprint density at radius 1 is 1.31 bits per heavy atom. The minimum absolute atomic E-state index is 0.392. The highest BCUT2D eigenvalue weighted by Gasteiger charge is 2.19. The van der Waals surface area contributed by atoms with Crippen LogP contribution in [-0.2, 0) is 4.74 Å². The molecule has 1 N–H and O–H groups in total. The lowest BCUT2D eigenvalue weighted by Gasteiger charge is -2.28. The van der Waals surface area contributed by atoms with Crippen LogP contribution in [-0.4, -0.2) is 36.3 Å². The first-order valence-corrected chi connectivity index (χ1v) is 7.43. The summed E-state index contributed by atoms with van der Waals surface area (Å²) in [7, 11) is 0. The lowest BCUT2D eigenvalue weighted by Crippen LogP contribution is -2.38. The second-order valence-corrected chi connectivity index (χ2v) is 7.58. The zero-order chi connectivity index (χ0) is 12.0. The van der Waals surface area contributed by atoms with E-state index in [-0.39, 0.29) is 0 Å². The lowest BCUT2D eigenvalue weighted by molar-refractivity contribution is 0.0562. The van der Waals surface area contributed by atoms with E-state index in [0.717, 1.165) is 25.7 Å². The average Bonchev–Trinajstić information content (AvgIpc) is 2.24. The summed E-state index contributed by atoms with van der Waals surface area (Å²) in [6, 6.07) is 0.643. The number of rotatable bonds is 5. The van der Waals surface area contributed by atoms with Gasteiger partial charge in [0.15, 0.2) is 0 Å². The highest BCUT2D eigenvalue weighted by Crippen LogP contribution is 2.22. The van der Waals surface area contributed by atoms with E-state index in [2.05, 4.69) is 33.0 Å². The number of hydrogen-bond donors (Lipinski definition) is 1. The van der Waals surface area contributed by atoms with Crippen molar-refractivity contribution in [3.8, 4) is 0 Å². The van der Waals surface area contributed by atoms with Gasteiger partial charge in [-0.25, -0.2) is 0 Å². The molecular formula is C13H27NOS. The third-order valence-electron chi connectivity index (χ3n) is 3.08. The van der Waals surface area contributed by atoms with Crippen LogP contribution < -0.4 is 5.32 Å². The topological polar surface area (TPSA) is 21.3 Å². The molecular weight excluding hydrogens is 218 g/mol. The smallest absolute Gasteiger partial charge is 0.0469 e. The van der Waals surface area contributed by atoms with Gasteiger partial charge in [0, 0.05) is 36.3 Å². The van der Waals surface area contributed by atoms with Gasteiger partial charge < -0.3 is 10.1 Å². The predicted octanol–water partition coefficient (Wildman–Crippen LogP) is 2.92. The molecule has 0 saturated carbocycles. The second-order valence-electron chi connectivity index (χ2n) is 5.65.